The summed E-state index contributed by atoms with van der Waals surface area (Å²) in [5.74, 6) is 0.880. The summed E-state index contributed by atoms with van der Waals surface area (Å²) in [6, 6.07) is 0. The van der Waals surface area contributed by atoms with Crippen molar-refractivity contribution in [2.24, 2.45) is 16.7 Å². The van der Waals surface area contributed by atoms with Gasteiger partial charge in [0.05, 0.1) is 11.2 Å². The first kappa shape index (κ1) is 14.8. The molecule has 0 N–H and O–H groups in total. The Morgan fingerprint density at radius 3 is 2.30 bits per heavy atom. The molecule has 20 heavy (non-hydrogen) atoms. The molecular weight excluding hydrogens is 246 g/mol. The van der Waals surface area contributed by atoms with Gasteiger partial charge in [-0.05, 0) is 64.0 Å². The van der Waals surface area contributed by atoms with Gasteiger partial charge < -0.3 is 9.64 Å². The number of likely N-dealkylation sites (N-methyl/N-ethyl adjacent to an activating group) is 1. The summed E-state index contributed by atoms with van der Waals surface area (Å²) < 4.78 is 6.89. The third kappa shape index (κ3) is 1.64. The minimum atomic E-state index is 0.0490. The van der Waals surface area contributed by atoms with Gasteiger partial charge >= 0.3 is 0 Å². The standard InChI is InChI=1S/C18H33NO/c1-7-19(8-2)13-16(5)12-18-10-9-14(11-18)15(3,4)17(18,6)20-16/h14H,7-13H2,1-6H3/t14?,16-,17?,18-/m1/s1. The second-order valence-corrected chi connectivity index (χ2v) is 8.67. The van der Waals surface area contributed by atoms with E-state index in [1.165, 1.54) is 25.7 Å². The number of hydrogen-bond donors (Lipinski definition) is 0. The second kappa shape index (κ2) is 4.23. The van der Waals surface area contributed by atoms with Crippen LogP contribution in [0.5, 0.6) is 0 Å². The molecule has 2 unspecified atom stereocenters. The number of hydrogen-bond acceptors (Lipinski definition) is 2. The zero-order chi connectivity index (χ0) is 14.8. The van der Waals surface area contributed by atoms with Crippen molar-refractivity contribution >= 4 is 0 Å². The summed E-state index contributed by atoms with van der Waals surface area (Å²) in [6.07, 6.45) is 5.50. The van der Waals surface area contributed by atoms with E-state index in [0.717, 1.165) is 25.6 Å². The largest absolute Gasteiger partial charge is 0.367 e. The predicted octanol–water partition coefficient (Wildman–Crippen LogP) is 4.09. The van der Waals surface area contributed by atoms with Gasteiger partial charge in [0, 0.05) is 12.0 Å². The van der Waals surface area contributed by atoms with Gasteiger partial charge in [0.1, 0.15) is 0 Å². The van der Waals surface area contributed by atoms with E-state index in [1.807, 2.05) is 0 Å². The zero-order valence-corrected chi connectivity index (χ0v) is 14.4. The SMILES string of the molecule is CCN(CC)C[C@@]1(C)C[C@@]23CCC(C2)C(C)(C)C3(C)O1. The van der Waals surface area contributed by atoms with Crippen molar-refractivity contribution in [1.82, 2.24) is 4.90 Å². The Balaban J connectivity index is 1.88. The normalized spacial score (nSPS) is 49.0. The molecule has 116 valence electrons. The Morgan fingerprint density at radius 1 is 1.10 bits per heavy atom. The van der Waals surface area contributed by atoms with E-state index in [2.05, 4.69) is 46.4 Å². The summed E-state index contributed by atoms with van der Waals surface area (Å²) in [4.78, 5) is 2.53. The fourth-order valence-electron chi connectivity index (χ4n) is 6.07. The van der Waals surface area contributed by atoms with Crippen LogP contribution in [-0.4, -0.2) is 35.7 Å². The average Bonchev–Trinajstić information content (AvgIpc) is 2.93. The molecule has 3 rings (SSSR count). The highest BCUT2D eigenvalue weighted by atomic mass is 16.5. The molecule has 0 aromatic heterocycles. The molecule has 1 saturated heterocycles. The van der Waals surface area contributed by atoms with Gasteiger partial charge in [0.2, 0.25) is 0 Å². The maximum absolute atomic E-state index is 6.89. The van der Waals surface area contributed by atoms with Crippen LogP contribution in [0.4, 0.5) is 0 Å². The van der Waals surface area contributed by atoms with E-state index < -0.39 is 0 Å². The van der Waals surface area contributed by atoms with Crippen LogP contribution in [-0.2, 0) is 4.74 Å². The molecule has 3 fully saturated rings. The number of nitrogens with zero attached hydrogens (tertiary/aromatic N) is 1. The highest BCUT2D eigenvalue weighted by Gasteiger charge is 2.74. The third-order valence-corrected chi connectivity index (χ3v) is 7.49. The fraction of sp³-hybridized carbons (Fsp3) is 1.00. The van der Waals surface area contributed by atoms with E-state index >= 15 is 0 Å². The minimum absolute atomic E-state index is 0.0490. The highest BCUT2D eigenvalue weighted by Crippen LogP contribution is 2.75. The van der Waals surface area contributed by atoms with Crippen molar-refractivity contribution < 1.29 is 4.74 Å². The first-order valence-corrected chi connectivity index (χ1v) is 8.64. The number of rotatable bonds is 4. The summed E-state index contributed by atoms with van der Waals surface area (Å²) in [6.45, 7) is 17.6. The minimum Gasteiger partial charge on any atom is -0.367 e. The molecule has 1 spiro atoms. The third-order valence-electron chi connectivity index (χ3n) is 7.49. The van der Waals surface area contributed by atoms with Gasteiger partial charge in [-0.3, -0.25) is 0 Å². The van der Waals surface area contributed by atoms with E-state index in [1.54, 1.807) is 0 Å². The van der Waals surface area contributed by atoms with Crippen LogP contribution in [0.2, 0.25) is 0 Å². The molecule has 4 atom stereocenters. The average molecular weight is 279 g/mol. The summed E-state index contributed by atoms with van der Waals surface area (Å²) in [5, 5.41) is 0. The molecule has 2 aliphatic carbocycles. The summed E-state index contributed by atoms with van der Waals surface area (Å²) in [7, 11) is 0. The lowest BCUT2D eigenvalue weighted by molar-refractivity contribution is -0.174. The highest BCUT2D eigenvalue weighted by molar-refractivity contribution is 5.24. The lowest BCUT2D eigenvalue weighted by Crippen LogP contribution is -2.52. The van der Waals surface area contributed by atoms with Crippen molar-refractivity contribution in [3.8, 4) is 0 Å². The molecule has 0 aromatic carbocycles. The quantitative estimate of drug-likeness (QED) is 0.768. The Morgan fingerprint density at radius 2 is 1.75 bits per heavy atom. The number of fused-ring (bicyclic) bond motifs is 1. The first-order valence-electron chi connectivity index (χ1n) is 8.64. The molecular formula is C18H33NO. The maximum Gasteiger partial charge on any atom is 0.0795 e. The first-order chi connectivity index (χ1) is 9.22. The second-order valence-electron chi connectivity index (χ2n) is 8.67. The molecule has 2 saturated carbocycles. The van der Waals surface area contributed by atoms with Gasteiger partial charge in [-0.2, -0.15) is 0 Å². The molecule has 2 bridgehead atoms. The van der Waals surface area contributed by atoms with Crippen molar-refractivity contribution in [3.63, 3.8) is 0 Å². The smallest absolute Gasteiger partial charge is 0.0795 e. The summed E-state index contributed by atoms with van der Waals surface area (Å²) in [5.41, 5.74) is 0.938. The van der Waals surface area contributed by atoms with Crippen LogP contribution in [0.25, 0.3) is 0 Å². The van der Waals surface area contributed by atoms with Crippen LogP contribution in [0.3, 0.4) is 0 Å². The molecule has 2 nitrogen and oxygen atoms in total. The Labute approximate surface area is 125 Å². The Kier molecular flexibility index (Phi) is 3.14. The topological polar surface area (TPSA) is 12.5 Å². The molecule has 0 amide bonds. The van der Waals surface area contributed by atoms with Crippen LogP contribution in [0.1, 0.15) is 67.2 Å². The predicted molar refractivity (Wildman–Crippen MR) is 83.9 cm³/mol. The molecule has 2 heteroatoms. The Bertz CT molecular complexity index is 402. The lowest BCUT2D eigenvalue weighted by atomic mass is 9.60. The van der Waals surface area contributed by atoms with Crippen LogP contribution in [0, 0.1) is 16.7 Å². The molecule has 0 aromatic rings. The van der Waals surface area contributed by atoms with Crippen molar-refractivity contribution in [2.45, 2.75) is 78.4 Å². The van der Waals surface area contributed by atoms with Crippen molar-refractivity contribution in [2.75, 3.05) is 19.6 Å². The Hall–Kier alpha value is -0.0800. The molecule has 0 radical (unpaired) electrons. The van der Waals surface area contributed by atoms with Crippen LogP contribution in [0.15, 0.2) is 0 Å². The summed E-state index contributed by atoms with van der Waals surface area (Å²) >= 11 is 0. The van der Waals surface area contributed by atoms with Crippen LogP contribution < -0.4 is 0 Å². The van der Waals surface area contributed by atoms with Gasteiger partial charge in [-0.15, -0.1) is 0 Å². The van der Waals surface area contributed by atoms with Gasteiger partial charge in [-0.25, -0.2) is 0 Å². The van der Waals surface area contributed by atoms with Gasteiger partial charge in [0.15, 0.2) is 0 Å². The van der Waals surface area contributed by atoms with Gasteiger partial charge in [-0.1, -0.05) is 27.7 Å². The fourth-order valence-corrected chi connectivity index (χ4v) is 6.07. The number of ether oxygens (including phenoxy) is 1. The van der Waals surface area contributed by atoms with Crippen molar-refractivity contribution in [1.29, 1.82) is 0 Å². The van der Waals surface area contributed by atoms with Crippen molar-refractivity contribution in [3.05, 3.63) is 0 Å². The molecule has 1 aliphatic heterocycles. The van der Waals surface area contributed by atoms with Crippen LogP contribution >= 0.6 is 0 Å². The van der Waals surface area contributed by atoms with E-state index in [0.29, 0.717) is 10.8 Å². The molecule has 1 heterocycles. The van der Waals surface area contributed by atoms with Gasteiger partial charge in [0.25, 0.3) is 0 Å². The van der Waals surface area contributed by atoms with E-state index in [4.69, 9.17) is 4.74 Å². The monoisotopic (exact) mass is 279 g/mol. The maximum atomic E-state index is 6.89. The van der Waals surface area contributed by atoms with E-state index in [-0.39, 0.29) is 11.2 Å². The van der Waals surface area contributed by atoms with E-state index in [9.17, 15) is 0 Å². The molecule has 3 aliphatic rings. The zero-order valence-electron chi connectivity index (χ0n) is 14.4. The lowest BCUT2D eigenvalue weighted by Gasteiger charge is -2.49.